The third kappa shape index (κ3) is 4.55. The molecule has 0 spiro atoms. The number of aromatic nitrogens is 4. The van der Waals surface area contributed by atoms with Gasteiger partial charge in [-0.3, -0.25) is 9.69 Å². The van der Waals surface area contributed by atoms with Gasteiger partial charge in [0.05, 0.1) is 12.2 Å². The molecular weight excluding hydrogens is 340 g/mol. The van der Waals surface area contributed by atoms with E-state index in [1.165, 1.54) is 0 Å². The summed E-state index contributed by atoms with van der Waals surface area (Å²) in [4.78, 5) is 16.4. The van der Waals surface area contributed by atoms with Crippen LogP contribution in [-0.2, 0) is 11.3 Å². The number of piperazine rings is 1. The largest absolute Gasteiger partial charge is 0.340 e. The van der Waals surface area contributed by atoms with E-state index in [0.29, 0.717) is 23.9 Å². The Balaban J connectivity index is 1.59. The summed E-state index contributed by atoms with van der Waals surface area (Å²) in [7, 11) is 0. The third-order valence-electron chi connectivity index (χ3n) is 4.28. The van der Waals surface area contributed by atoms with Gasteiger partial charge in [-0.05, 0) is 40.6 Å². The van der Waals surface area contributed by atoms with Gasteiger partial charge in [-0.15, -0.1) is 5.10 Å². The van der Waals surface area contributed by atoms with E-state index in [4.69, 9.17) is 11.6 Å². The van der Waals surface area contributed by atoms with Crippen molar-refractivity contribution in [1.82, 2.24) is 30.0 Å². The van der Waals surface area contributed by atoms with E-state index < -0.39 is 0 Å². The molecule has 1 aliphatic rings. The summed E-state index contributed by atoms with van der Waals surface area (Å²) in [6.07, 6.45) is 0.620. The lowest BCUT2D eigenvalue weighted by molar-refractivity contribution is -0.133. The molecule has 1 aromatic carbocycles. The molecule has 1 amide bonds. The van der Waals surface area contributed by atoms with Crippen LogP contribution < -0.4 is 0 Å². The van der Waals surface area contributed by atoms with Crippen LogP contribution in [-0.4, -0.2) is 62.1 Å². The Kier molecular flexibility index (Phi) is 5.65. The van der Waals surface area contributed by atoms with Gasteiger partial charge < -0.3 is 4.90 Å². The molecule has 134 valence electrons. The molecule has 0 bridgehead atoms. The van der Waals surface area contributed by atoms with Crippen LogP contribution in [0.2, 0.25) is 5.02 Å². The predicted octanol–water partition coefficient (Wildman–Crippen LogP) is 2.01. The maximum Gasteiger partial charge on any atom is 0.222 e. The normalized spacial score (nSPS) is 15.8. The highest BCUT2D eigenvalue weighted by atomic mass is 35.5. The summed E-state index contributed by atoms with van der Waals surface area (Å²) >= 11 is 5.94. The Morgan fingerprint density at radius 1 is 1.16 bits per heavy atom. The van der Waals surface area contributed by atoms with E-state index in [2.05, 4.69) is 34.3 Å². The summed E-state index contributed by atoms with van der Waals surface area (Å²) in [5, 5.41) is 12.7. The maximum absolute atomic E-state index is 12.2. The van der Waals surface area contributed by atoms with Crippen LogP contribution in [0.1, 0.15) is 26.1 Å². The first-order valence-electron chi connectivity index (χ1n) is 8.56. The molecule has 0 N–H and O–H groups in total. The number of benzene rings is 1. The molecule has 1 aliphatic heterocycles. The van der Waals surface area contributed by atoms with Crippen LogP contribution in [0.5, 0.6) is 0 Å². The summed E-state index contributed by atoms with van der Waals surface area (Å²) in [6, 6.07) is 7.43. The second-order valence-corrected chi connectivity index (χ2v) is 7.17. The Morgan fingerprint density at radius 3 is 2.48 bits per heavy atom. The van der Waals surface area contributed by atoms with Crippen LogP contribution in [0.25, 0.3) is 5.69 Å². The molecule has 0 atom stereocenters. The van der Waals surface area contributed by atoms with Crippen LogP contribution in [0, 0.1) is 5.92 Å². The van der Waals surface area contributed by atoms with Gasteiger partial charge in [-0.25, -0.2) is 0 Å². The maximum atomic E-state index is 12.2. The topological polar surface area (TPSA) is 67.2 Å². The molecule has 8 heteroatoms. The highest BCUT2D eigenvalue weighted by Gasteiger charge is 2.23. The zero-order chi connectivity index (χ0) is 17.8. The molecule has 0 saturated carbocycles. The van der Waals surface area contributed by atoms with Gasteiger partial charge in [0.1, 0.15) is 0 Å². The first-order valence-corrected chi connectivity index (χ1v) is 8.94. The van der Waals surface area contributed by atoms with Gasteiger partial charge in [0.2, 0.25) is 5.91 Å². The van der Waals surface area contributed by atoms with E-state index in [0.717, 1.165) is 37.7 Å². The van der Waals surface area contributed by atoms with Gasteiger partial charge in [0.15, 0.2) is 5.82 Å². The number of halogens is 1. The number of rotatable bonds is 5. The zero-order valence-electron chi connectivity index (χ0n) is 14.6. The van der Waals surface area contributed by atoms with Gasteiger partial charge in [0.25, 0.3) is 0 Å². The number of tetrazole rings is 1. The molecule has 1 fully saturated rings. The monoisotopic (exact) mass is 362 g/mol. The smallest absolute Gasteiger partial charge is 0.222 e. The van der Waals surface area contributed by atoms with Crippen molar-refractivity contribution in [3.8, 4) is 5.69 Å². The lowest BCUT2D eigenvalue weighted by atomic mass is 10.1. The molecule has 2 aromatic rings. The molecule has 1 aromatic heterocycles. The number of carbonyl (C=O) groups excluding carboxylic acids is 1. The van der Waals surface area contributed by atoms with Crippen LogP contribution in [0.4, 0.5) is 0 Å². The van der Waals surface area contributed by atoms with E-state index in [-0.39, 0.29) is 5.91 Å². The summed E-state index contributed by atoms with van der Waals surface area (Å²) in [5.74, 6) is 1.43. The van der Waals surface area contributed by atoms with Gasteiger partial charge >= 0.3 is 0 Å². The predicted molar refractivity (Wildman–Crippen MR) is 95.5 cm³/mol. The fourth-order valence-corrected chi connectivity index (χ4v) is 3.05. The quantitative estimate of drug-likeness (QED) is 0.813. The molecular formula is C17H23ClN6O. The van der Waals surface area contributed by atoms with E-state index >= 15 is 0 Å². The number of carbonyl (C=O) groups is 1. The Bertz CT molecular complexity index is 706. The Labute approximate surface area is 152 Å². The first-order chi connectivity index (χ1) is 12.0. The van der Waals surface area contributed by atoms with Crippen molar-refractivity contribution >= 4 is 17.5 Å². The summed E-state index contributed by atoms with van der Waals surface area (Å²) in [6.45, 7) is 7.98. The second-order valence-electron chi connectivity index (χ2n) is 6.74. The summed E-state index contributed by atoms with van der Waals surface area (Å²) < 4.78 is 1.73. The number of hydrogen-bond acceptors (Lipinski definition) is 5. The van der Waals surface area contributed by atoms with Gasteiger partial charge in [-0.1, -0.05) is 25.4 Å². The fraction of sp³-hybridized carbons (Fsp3) is 0.529. The average Bonchev–Trinajstić information content (AvgIpc) is 3.03. The molecule has 0 radical (unpaired) electrons. The van der Waals surface area contributed by atoms with E-state index in [1.807, 2.05) is 29.2 Å². The second kappa shape index (κ2) is 7.93. The third-order valence-corrected chi connectivity index (χ3v) is 4.53. The molecule has 0 unspecified atom stereocenters. The molecule has 7 nitrogen and oxygen atoms in total. The zero-order valence-corrected chi connectivity index (χ0v) is 15.4. The average molecular weight is 363 g/mol. The molecule has 0 aliphatic carbocycles. The van der Waals surface area contributed by atoms with Gasteiger partial charge in [-0.2, -0.15) is 4.68 Å². The van der Waals surface area contributed by atoms with Crippen LogP contribution in [0.3, 0.4) is 0 Å². The molecule has 25 heavy (non-hydrogen) atoms. The van der Waals surface area contributed by atoms with Crippen molar-refractivity contribution < 1.29 is 4.79 Å². The summed E-state index contributed by atoms with van der Waals surface area (Å²) in [5.41, 5.74) is 0.884. The van der Waals surface area contributed by atoms with E-state index in [9.17, 15) is 4.79 Å². The molecule has 1 saturated heterocycles. The highest BCUT2D eigenvalue weighted by Crippen LogP contribution is 2.15. The van der Waals surface area contributed by atoms with Crippen molar-refractivity contribution in [3.05, 3.63) is 35.1 Å². The number of hydrogen-bond donors (Lipinski definition) is 0. The minimum atomic E-state index is 0.251. The molecule has 3 rings (SSSR count). The minimum absolute atomic E-state index is 0.251. The highest BCUT2D eigenvalue weighted by molar-refractivity contribution is 6.30. The SMILES string of the molecule is CC(C)CC(=O)N1CCN(Cc2nnnn2-c2ccc(Cl)cc2)CC1. The fourth-order valence-electron chi connectivity index (χ4n) is 2.92. The van der Waals surface area contributed by atoms with Crippen molar-refractivity contribution in [2.45, 2.75) is 26.8 Å². The first kappa shape index (κ1) is 17.8. The van der Waals surface area contributed by atoms with Crippen molar-refractivity contribution in [2.75, 3.05) is 26.2 Å². The lowest BCUT2D eigenvalue weighted by Gasteiger charge is -2.34. The van der Waals surface area contributed by atoms with E-state index in [1.54, 1.807) is 4.68 Å². The number of nitrogens with zero attached hydrogens (tertiary/aromatic N) is 6. The van der Waals surface area contributed by atoms with Gasteiger partial charge in [0, 0.05) is 37.6 Å². The Hall–Kier alpha value is -1.99. The Morgan fingerprint density at radius 2 is 1.84 bits per heavy atom. The number of amides is 1. The van der Waals surface area contributed by atoms with Crippen LogP contribution in [0.15, 0.2) is 24.3 Å². The van der Waals surface area contributed by atoms with Crippen molar-refractivity contribution in [3.63, 3.8) is 0 Å². The van der Waals surface area contributed by atoms with Crippen LogP contribution >= 0.6 is 11.6 Å². The molecule has 2 heterocycles. The van der Waals surface area contributed by atoms with Crippen molar-refractivity contribution in [1.29, 1.82) is 0 Å². The lowest BCUT2D eigenvalue weighted by Crippen LogP contribution is -2.48. The minimum Gasteiger partial charge on any atom is -0.340 e. The van der Waals surface area contributed by atoms with Crippen molar-refractivity contribution in [2.24, 2.45) is 5.92 Å². The standard InChI is InChI=1S/C17H23ClN6O/c1-13(2)11-17(25)23-9-7-22(8-10-23)12-16-19-20-21-24(16)15-5-3-14(18)4-6-15/h3-6,13H,7-12H2,1-2H3.